The van der Waals surface area contributed by atoms with E-state index >= 15 is 0 Å². The first kappa shape index (κ1) is 9.65. The molecule has 0 aliphatic carbocycles. The van der Waals surface area contributed by atoms with Crippen molar-refractivity contribution >= 4 is 0 Å². The minimum Gasteiger partial charge on any atom is -0.346 e. The lowest BCUT2D eigenvalue weighted by Crippen LogP contribution is -2.11. The second-order valence-electron chi connectivity index (χ2n) is 3.95. The highest BCUT2D eigenvalue weighted by Gasteiger charge is 2.17. The second kappa shape index (κ2) is 4.09. The zero-order chi connectivity index (χ0) is 9.97. The van der Waals surface area contributed by atoms with E-state index in [0.29, 0.717) is 11.6 Å². The van der Waals surface area contributed by atoms with Crippen LogP contribution < -0.4 is 5.32 Å². The molecule has 1 saturated heterocycles. The lowest BCUT2D eigenvalue weighted by atomic mass is 10.1. The van der Waals surface area contributed by atoms with Gasteiger partial charge in [0.15, 0.2) is 0 Å². The monoisotopic (exact) mass is 197 g/mol. The summed E-state index contributed by atoms with van der Waals surface area (Å²) in [6.07, 6.45) is 2.14. The molecule has 1 aromatic rings. The van der Waals surface area contributed by atoms with Crippen molar-refractivity contribution in [1.29, 1.82) is 0 Å². The minimum atomic E-state index is -0.467. The van der Waals surface area contributed by atoms with Gasteiger partial charge in [0.1, 0.15) is 12.5 Å². The fourth-order valence-electron chi connectivity index (χ4n) is 1.95. The number of aromatic amines is 1. The van der Waals surface area contributed by atoms with Gasteiger partial charge in [0, 0.05) is 12.1 Å². The lowest BCUT2D eigenvalue weighted by molar-refractivity contribution is 0.474. The molecule has 14 heavy (non-hydrogen) atoms. The Morgan fingerprint density at radius 1 is 1.57 bits per heavy atom. The molecule has 0 saturated carbocycles. The molecule has 1 fully saturated rings. The molecule has 2 N–H and O–H groups in total. The molecule has 1 unspecified atom stereocenters. The summed E-state index contributed by atoms with van der Waals surface area (Å²) in [6.45, 7) is 3.56. The van der Waals surface area contributed by atoms with Gasteiger partial charge >= 0.3 is 0 Å². The molecule has 4 heteroatoms. The highest BCUT2D eigenvalue weighted by Crippen LogP contribution is 2.15. The molecule has 0 amide bonds. The summed E-state index contributed by atoms with van der Waals surface area (Å²) >= 11 is 0. The van der Waals surface area contributed by atoms with E-state index in [0.717, 1.165) is 31.0 Å². The van der Waals surface area contributed by atoms with Gasteiger partial charge in [0.25, 0.3) is 0 Å². The number of nitrogens with zero attached hydrogens (tertiary/aromatic N) is 1. The van der Waals surface area contributed by atoms with Crippen LogP contribution in [0.1, 0.15) is 23.6 Å². The van der Waals surface area contributed by atoms with Gasteiger partial charge in [0.05, 0.1) is 5.69 Å². The van der Waals surface area contributed by atoms with Crippen LogP contribution in [0.25, 0.3) is 0 Å². The van der Waals surface area contributed by atoms with E-state index in [1.165, 1.54) is 6.42 Å². The third-order valence-electron chi connectivity index (χ3n) is 2.81. The first-order valence-electron chi connectivity index (χ1n) is 5.10. The molecule has 0 radical (unpaired) electrons. The average Bonchev–Trinajstić information content (AvgIpc) is 2.76. The van der Waals surface area contributed by atoms with Crippen molar-refractivity contribution in [3.05, 3.63) is 17.2 Å². The topological polar surface area (TPSA) is 40.7 Å². The molecule has 0 aromatic carbocycles. The Labute approximate surface area is 83.1 Å². The van der Waals surface area contributed by atoms with Crippen LogP contribution >= 0.6 is 0 Å². The number of halogens is 1. The molecule has 2 rings (SSSR count). The largest absolute Gasteiger partial charge is 0.346 e. The fourth-order valence-corrected chi connectivity index (χ4v) is 1.95. The number of hydrogen-bond donors (Lipinski definition) is 2. The normalized spacial score (nSPS) is 21.7. The van der Waals surface area contributed by atoms with Crippen LogP contribution in [0.3, 0.4) is 0 Å². The molecule has 1 aliphatic heterocycles. The Balaban J connectivity index is 2.01. The SMILES string of the molecule is Cc1[nH]c(CC2CCNC2)nc1CF. The van der Waals surface area contributed by atoms with E-state index in [1.807, 2.05) is 6.92 Å². The number of aromatic nitrogens is 2. The fraction of sp³-hybridized carbons (Fsp3) is 0.700. The summed E-state index contributed by atoms with van der Waals surface area (Å²) in [6, 6.07) is 0. The van der Waals surface area contributed by atoms with Crippen molar-refractivity contribution in [2.75, 3.05) is 13.1 Å². The van der Waals surface area contributed by atoms with Crippen LogP contribution in [-0.4, -0.2) is 23.1 Å². The van der Waals surface area contributed by atoms with Crippen LogP contribution in [0.5, 0.6) is 0 Å². The number of H-pyrrole nitrogens is 1. The van der Waals surface area contributed by atoms with Crippen molar-refractivity contribution in [3.63, 3.8) is 0 Å². The Morgan fingerprint density at radius 3 is 3.00 bits per heavy atom. The molecule has 78 valence electrons. The zero-order valence-electron chi connectivity index (χ0n) is 8.44. The summed E-state index contributed by atoms with van der Waals surface area (Å²) in [5.74, 6) is 1.59. The molecule has 0 bridgehead atoms. The number of nitrogens with one attached hydrogen (secondary N) is 2. The van der Waals surface area contributed by atoms with Gasteiger partial charge in [-0.2, -0.15) is 0 Å². The van der Waals surface area contributed by atoms with E-state index in [4.69, 9.17) is 0 Å². The maximum absolute atomic E-state index is 12.4. The Kier molecular flexibility index (Phi) is 2.82. The Bertz CT molecular complexity index is 302. The number of rotatable bonds is 3. The van der Waals surface area contributed by atoms with Crippen molar-refractivity contribution < 1.29 is 4.39 Å². The summed E-state index contributed by atoms with van der Waals surface area (Å²) in [5.41, 5.74) is 1.43. The number of hydrogen-bond acceptors (Lipinski definition) is 2. The number of aryl methyl sites for hydroxylation is 1. The van der Waals surface area contributed by atoms with E-state index < -0.39 is 6.67 Å². The smallest absolute Gasteiger partial charge is 0.133 e. The summed E-state index contributed by atoms with van der Waals surface area (Å²) < 4.78 is 12.4. The quantitative estimate of drug-likeness (QED) is 0.767. The molecule has 2 heterocycles. The van der Waals surface area contributed by atoms with Crippen molar-refractivity contribution in [2.45, 2.75) is 26.4 Å². The highest BCUT2D eigenvalue weighted by molar-refractivity contribution is 5.12. The van der Waals surface area contributed by atoms with E-state index in [1.54, 1.807) is 0 Å². The summed E-state index contributed by atoms with van der Waals surface area (Å²) in [4.78, 5) is 7.38. The van der Waals surface area contributed by atoms with Crippen molar-refractivity contribution in [1.82, 2.24) is 15.3 Å². The summed E-state index contributed by atoms with van der Waals surface area (Å²) in [7, 11) is 0. The molecular weight excluding hydrogens is 181 g/mol. The Morgan fingerprint density at radius 2 is 2.43 bits per heavy atom. The van der Waals surface area contributed by atoms with Crippen LogP contribution in [-0.2, 0) is 13.1 Å². The average molecular weight is 197 g/mol. The van der Waals surface area contributed by atoms with Crippen LogP contribution in [0.15, 0.2) is 0 Å². The van der Waals surface area contributed by atoms with Crippen LogP contribution in [0, 0.1) is 12.8 Å². The molecule has 1 aromatic heterocycles. The van der Waals surface area contributed by atoms with Gasteiger partial charge in [-0.25, -0.2) is 9.37 Å². The highest BCUT2D eigenvalue weighted by atomic mass is 19.1. The molecule has 1 atom stereocenters. The van der Waals surface area contributed by atoms with Crippen molar-refractivity contribution in [3.8, 4) is 0 Å². The molecule has 3 nitrogen and oxygen atoms in total. The van der Waals surface area contributed by atoms with E-state index in [-0.39, 0.29) is 0 Å². The zero-order valence-corrected chi connectivity index (χ0v) is 8.44. The third-order valence-corrected chi connectivity index (χ3v) is 2.81. The first-order chi connectivity index (χ1) is 6.79. The van der Waals surface area contributed by atoms with Gasteiger partial charge in [-0.15, -0.1) is 0 Å². The predicted molar refractivity (Wildman–Crippen MR) is 52.8 cm³/mol. The third kappa shape index (κ3) is 1.95. The van der Waals surface area contributed by atoms with Crippen molar-refractivity contribution in [2.24, 2.45) is 5.92 Å². The van der Waals surface area contributed by atoms with E-state index in [9.17, 15) is 4.39 Å². The summed E-state index contributed by atoms with van der Waals surface area (Å²) in [5, 5.41) is 3.31. The van der Waals surface area contributed by atoms with Gasteiger partial charge < -0.3 is 10.3 Å². The molecule has 0 spiro atoms. The van der Waals surface area contributed by atoms with Gasteiger partial charge in [0.2, 0.25) is 0 Å². The predicted octanol–water partition coefficient (Wildman–Crippen LogP) is 1.34. The van der Waals surface area contributed by atoms with Gasteiger partial charge in [-0.3, -0.25) is 0 Å². The van der Waals surface area contributed by atoms with Crippen LogP contribution in [0.4, 0.5) is 4.39 Å². The second-order valence-corrected chi connectivity index (χ2v) is 3.95. The van der Waals surface area contributed by atoms with Gasteiger partial charge in [-0.1, -0.05) is 0 Å². The first-order valence-corrected chi connectivity index (χ1v) is 5.10. The van der Waals surface area contributed by atoms with Gasteiger partial charge in [-0.05, 0) is 32.4 Å². The standard InChI is InChI=1S/C10H16FN3/c1-7-9(5-11)14-10(13-7)4-8-2-3-12-6-8/h8,12H,2-6H2,1H3,(H,13,14). The Hall–Kier alpha value is -0.900. The maximum atomic E-state index is 12.4. The van der Waals surface area contributed by atoms with Crippen LogP contribution in [0.2, 0.25) is 0 Å². The number of alkyl halides is 1. The maximum Gasteiger partial charge on any atom is 0.133 e. The lowest BCUT2D eigenvalue weighted by Gasteiger charge is -2.03. The molecule has 1 aliphatic rings. The molecular formula is C10H16FN3. The van der Waals surface area contributed by atoms with E-state index in [2.05, 4.69) is 15.3 Å². The minimum absolute atomic E-state index is 0.467. The number of imidazole rings is 1.